The molecule has 38 heavy (non-hydrogen) atoms. The number of nitrogens with one attached hydrogen (secondary N) is 1. The molecule has 1 saturated heterocycles. The zero-order valence-electron chi connectivity index (χ0n) is 22.1. The number of nitrogens with zero attached hydrogens (tertiary/aromatic N) is 4. The SMILES string of the molecule is CCOC(=O)N1CCN(C(=O)[C@H](CCC(=O)O)NC(=O)c2cc(CC(C)C)nc(-c3ccccc3)n2)CC1. The van der Waals surface area contributed by atoms with Gasteiger partial charge in [-0.15, -0.1) is 0 Å². The zero-order valence-corrected chi connectivity index (χ0v) is 22.1. The number of aromatic nitrogens is 2. The van der Waals surface area contributed by atoms with Crippen LogP contribution in [0.5, 0.6) is 0 Å². The predicted octanol–water partition coefficient (Wildman–Crippen LogP) is 2.61. The number of hydrogen-bond donors (Lipinski definition) is 2. The number of amides is 3. The minimum atomic E-state index is -1.07. The van der Waals surface area contributed by atoms with Crippen molar-refractivity contribution in [2.24, 2.45) is 5.92 Å². The second-order valence-corrected chi connectivity index (χ2v) is 9.50. The van der Waals surface area contributed by atoms with Gasteiger partial charge in [-0.3, -0.25) is 14.4 Å². The number of aliphatic carboxylic acids is 1. The quantitative estimate of drug-likeness (QED) is 0.482. The first kappa shape index (κ1) is 28.5. The lowest BCUT2D eigenvalue weighted by molar-refractivity contribution is -0.138. The minimum Gasteiger partial charge on any atom is -0.481 e. The fraction of sp³-hybridized carbons (Fsp3) is 0.481. The molecule has 2 heterocycles. The van der Waals surface area contributed by atoms with Crippen molar-refractivity contribution in [2.45, 2.75) is 46.1 Å². The molecule has 0 aliphatic carbocycles. The van der Waals surface area contributed by atoms with E-state index in [1.165, 1.54) is 9.80 Å². The fourth-order valence-corrected chi connectivity index (χ4v) is 4.15. The summed E-state index contributed by atoms with van der Waals surface area (Å²) in [6.45, 7) is 7.15. The van der Waals surface area contributed by atoms with Gasteiger partial charge in [-0.1, -0.05) is 44.2 Å². The van der Waals surface area contributed by atoms with Gasteiger partial charge in [-0.25, -0.2) is 14.8 Å². The fourth-order valence-electron chi connectivity index (χ4n) is 4.15. The highest BCUT2D eigenvalue weighted by Crippen LogP contribution is 2.18. The summed E-state index contributed by atoms with van der Waals surface area (Å²) >= 11 is 0. The van der Waals surface area contributed by atoms with Crippen molar-refractivity contribution in [1.29, 1.82) is 0 Å². The molecule has 3 amide bonds. The van der Waals surface area contributed by atoms with E-state index in [1.807, 2.05) is 44.2 Å². The molecule has 11 heteroatoms. The first-order valence-corrected chi connectivity index (χ1v) is 12.8. The van der Waals surface area contributed by atoms with Crippen LogP contribution in [0.4, 0.5) is 4.79 Å². The molecule has 0 bridgehead atoms. The molecule has 1 aliphatic rings. The van der Waals surface area contributed by atoms with Crippen LogP contribution in [0.15, 0.2) is 36.4 Å². The highest BCUT2D eigenvalue weighted by atomic mass is 16.6. The van der Waals surface area contributed by atoms with E-state index in [0.29, 0.717) is 23.9 Å². The maximum atomic E-state index is 13.3. The summed E-state index contributed by atoms with van der Waals surface area (Å²) in [6.07, 6.45) is -0.176. The molecule has 0 radical (unpaired) electrons. The first-order valence-electron chi connectivity index (χ1n) is 12.8. The van der Waals surface area contributed by atoms with Crippen LogP contribution in [0.3, 0.4) is 0 Å². The van der Waals surface area contributed by atoms with Crippen LogP contribution >= 0.6 is 0 Å². The lowest BCUT2D eigenvalue weighted by Crippen LogP contribution is -2.56. The number of rotatable bonds is 10. The minimum absolute atomic E-state index is 0.0759. The average molecular weight is 526 g/mol. The molecule has 0 spiro atoms. The molecule has 0 saturated carbocycles. The molecule has 1 aliphatic heterocycles. The van der Waals surface area contributed by atoms with E-state index in [9.17, 15) is 24.3 Å². The Hall–Kier alpha value is -4.02. The Kier molecular flexibility index (Phi) is 10.1. The molecule has 1 aromatic heterocycles. The molecule has 11 nitrogen and oxygen atoms in total. The third-order valence-electron chi connectivity index (χ3n) is 6.03. The van der Waals surface area contributed by atoms with Crippen molar-refractivity contribution in [2.75, 3.05) is 32.8 Å². The number of carbonyl (C=O) groups is 4. The molecule has 1 fully saturated rings. The Bertz CT molecular complexity index is 1130. The summed E-state index contributed by atoms with van der Waals surface area (Å²) in [5, 5.41) is 11.9. The van der Waals surface area contributed by atoms with Crippen LogP contribution < -0.4 is 5.32 Å². The standard InChI is InChI=1S/C27H35N5O6/c1-4-38-27(37)32-14-12-31(13-15-32)26(36)21(10-11-23(33)34)30-25(35)22-17-20(16-18(2)3)28-24(29-22)19-8-6-5-7-9-19/h5-9,17-18,21H,4,10-16H2,1-3H3,(H,30,35)(H,33,34)/t21-/m0/s1. The Morgan fingerprint density at radius 2 is 1.68 bits per heavy atom. The summed E-state index contributed by atoms with van der Waals surface area (Å²) < 4.78 is 5.02. The average Bonchev–Trinajstić information content (AvgIpc) is 2.90. The van der Waals surface area contributed by atoms with E-state index in [0.717, 1.165) is 5.56 Å². The number of piperazine rings is 1. The molecule has 2 aromatic rings. The van der Waals surface area contributed by atoms with Crippen molar-refractivity contribution in [3.05, 3.63) is 47.8 Å². The second kappa shape index (κ2) is 13.5. The largest absolute Gasteiger partial charge is 0.481 e. The molecule has 3 rings (SSSR count). The maximum Gasteiger partial charge on any atom is 0.409 e. The number of ether oxygens (including phenoxy) is 1. The number of carbonyl (C=O) groups excluding carboxylic acids is 3. The predicted molar refractivity (Wildman–Crippen MR) is 139 cm³/mol. The van der Waals surface area contributed by atoms with E-state index in [-0.39, 0.29) is 51.3 Å². The summed E-state index contributed by atoms with van der Waals surface area (Å²) in [7, 11) is 0. The lowest BCUT2D eigenvalue weighted by Gasteiger charge is -2.35. The normalized spacial score (nSPS) is 14.2. The Labute approximate surface area is 222 Å². The molecule has 0 unspecified atom stereocenters. The van der Waals surface area contributed by atoms with Crippen LogP contribution in [-0.4, -0.2) is 87.6 Å². The molecule has 1 atom stereocenters. The topological polar surface area (TPSA) is 142 Å². The molecular weight excluding hydrogens is 490 g/mol. The van der Waals surface area contributed by atoms with Gasteiger partial charge in [0.15, 0.2) is 5.82 Å². The molecule has 1 aromatic carbocycles. The van der Waals surface area contributed by atoms with Crippen molar-refractivity contribution >= 4 is 23.9 Å². The van der Waals surface area contributed by atoms with Crippen LogP contribution in [0.2, 0.25) is 0 Å². The number of hydrogen-bond acceptors (Lipinski definition) is 7. The highest BCUT2D eigenvalue weighted by Gasteiger charge is 2.31. The monoisotopic (exact) mass is 525 g/mol. The van der Waals surface area contributed by atoms with Gasteiger partial charge in [0.1, 0.15) is 11.7 Å². The zero-order chi connectivity index (χ0) is 27.7. The van der Waals surface area contributed by atoms with Crippen LogP contribution in [0.1, 0.15) is 49.8 Å². The maximum absolute atomic E-state index is 13.3. The smallest absolute Gasteiger partial charge is 0.409 e. The van der Waals surface area contributed by atoms with Crippen molar-refractivity contribution in [3.8, 4) is 11.4 Å². The Morgan fingerprint density at radius 3 is 2.29 bits per heavy atom. The Morgan fingerprint density at radius 1 is 1.03 bits per heavy atom. The summed E-state index contributed by atoms with van der Waals surface area (Å²) in [5.41, 5.74) is 1.56. The first-order chi connectivity index (χ1) is 18.2. The third-order valence-corrected chi connectivity index (χ3v) is 6.03. The van der Waals surface area contributed by atoms with Gasteiger partial charge in [-0.05, 0) is 31.7 Å². The summed E-state index contributed by atoms with van der Waals surface area (Å²) in [4.78, 5) is 62.0. The van der Waals surface area contributed by atoms with Gasteiger partial charge < -0.3 is 25.0 Å². The number of benzene rings is 1. The van der Waals surface area contributed by atoms with Gasteiger partial charge in [0.2, 0.25) is 5.91 Å². The van der Waals surface area contributed by atoms with E-state index in [2.05, 4.69) is 15.3 Å². The molecule has 204 valence electrons. The van der Waals surface area contributed by atoms with Gasteiger partial charge >= 0.3 is 12.1 Å². The van der Waals surface area contributed by atoms with Crippen molar-refractivity contribution < 1.29 is 29.0 Å². The van der Waals surface area contributed by atoms with Gasteiger partial charge in [-0.2, -0.15) is 0 Å². The van der Waals surface area contributed by atoms with Crippen molar-refractivity contribution in [1.82, 2.24) is 25.1 Å². The summed E-state index contributed by atoms with van der Waals surface area (Å²) in [6, 6.07) is 9.85. The van der Waals surface area contributed by atoms with Crippen LogP contribution in [0.25, 0.3) is 11.4 Å². The van der Waals surface area contributed by atoms with Crippen molar-refractivity contribution in [3.63, 3.8) is 0 Å². The third kappa shape index (κ3) is 7.99. The van der Waals surface area contributed by atoms with E-state index in [1.54, 1.807) is 13.0 Å². The summed E-state index contributed by atoms with van der Waals surface area (Å²) in [5.74, 6) is -1.36. The lowest BCUT2D eigenvalue weighted by atomic mass is 10.1. The van der Waals surface area contributed by atoms with Gasteiger partial charge in [0.25, 0.3) is 5.91 Å². The van der Waals surface area contributed by atoms with Gasteiger partial charge in [0.05, 0.1) is 6.61 Å². The van der Waals surface area contributed by atoms with Gasteiger partial charge in [0, 0.05) is 43.9 Å². The van der Waals surface area contributed by atoms with Crippen LogP contribution in [0, 0.1) is 5.92 Å². The van der Waals surface area contributed by atoms with E-state index < -0.39 is 29.9 Å². The molecule has 2 N–H and O–H groups in total. The Balaban J connectivity index is 1.79. The highest BCUT2D eigenvalue weighted by molar-refractivity contribution is 5.96. The van der Waals surface area contributed by atoms with E-state index >= 15 is 0 Å². The molecular formula is C27H35N5O6. The number of carboxylic acids is 1. The van der Waals surface area contributed by atoms with E-state index in [4.69, 9.17) is 4.74 Å². The van der Waals surface area contributed by atoms with Crippen LogP contribution in [-0.2, 0) is 20.7 Å². The number of carboxylic acid groups (broad SMARTS) is 1. The second-order valence-electron chi connectivity index (χ2n) is 9.50.